The molecule has 12 heteroatoms. The highest BCUT2D eigenvalue weighted by atomic mass is 19.4. The van der Waals surface area contributed by atoms with E-state index in [9.17, 15) is 31.1 Å². The predicted octanol–water partition coefficient (Wildman–Crippen LogP) is 7.49. The monoisotopic (exact) mass is 639 g/mol. The summed E-state index contributed by atoms with van der Waals surface area (Å²) in [5, 5.41) is 3.21. The number of halogens is 6. The van der Waals surface area contributed by atoms with Crippen LogP contribution in [-0.2, 0) is 18.9 Å². The molecule has 46 heavy (non-hydrogen) atoms. The van der Waals surface area contributed by atoms with Gasteiger partial charge in [0.05, 0.1) is 16.8 Å². The van der Waals surface area contributed by atoms with E-state index in [0.29, 0.717) is 30.2 Å². The number of carbonyl (C=O) groups excluding carboxylic acids is 1. The highest BCUT2D eigenvalue weighted by Crippen LogP contribution is 2.38. The number of alkyl halides is 6. The van der Waals surface area contributed by atoms with Crippen LogP contribution in [0.1, 0.15) is 32.6 Å². The third-order valence-electron chi connectivity index (χ3n) is 8.39. The lowest BCUT2D eigenvalue weighted by Gasteiger charge is -2.37. The Morgan fingerprint density at radius 3 is 2.17 bits per heavy atom. The number of hydrogen-bond acceptors (Lipinski definition) is 5. The zero-order valence-corrected chi connectivity index (χ0v) is 24.9. The second-order valence-electron chi connectivity index (χ2n) is 11.5. The van der Waals surface area contributed by atoms with Gasteiger partial charge in [-0.25, -0.2) is 4.98 Å². The Labute approximate surface area is 262 Å². The molecule has 6 nitrogen and oxygen atoms in total. The number of hydrogen-bond donors (Lipinski definition) is 1. The van der Waals surface area contributed by atoms with E-state index in [4.69, 9.17) is 0 Å². The Bertz CT molecular complexity index is 1730. The van der Waals surface area contributed by atoms with Crippen LogP contribution in [0.15, 0.2) is 79.0 Å². The van der Waals surface area contributed by atoms with Gasteiger partial charge in [0.15, 0.2) is 0 Å². The van der Waals surface area contributed by atoms with Crippen molar-refractivity contribution in [2.24, 2.45) is 0 Å². The van der Waals surface area contributed by atoms with E-state index in [2.05, 4.69) is 10.3 Å². The molecule has 1 saturated heterocycles. The molecule has 3 aromatic carbocycles. The average Bonchev–Trinajstić information content (AvgIpc) is 3.04. The Morgan fingerprint density at radius 1 is 0.783 bits per heavy atom. The number of pyridine rings is 1. The molecule has 0 unspecified atom stereocenters. The molecule has 1 aromatic heterocycles. The third-order valence-corrected chi connectivity index (χ3v) is 8.39. The van der Waals surface area contributed by atoms with E-state index >= 15 is 0 Å². The van der Waals surface area contributed by atoms with Crippen LogP contribution in [0.4, 0.5) is 43.5 Å². The second-order valence-corrected chi connectivity index (χ2v) is 11.5. The molecule has 0 spiro atoms. The number of anilines is 3. The van der Waals surface area contributed by atoms with Gasteiger partial charge in [-0.1, -0.05) is 42.0 Å². The average molecular weight is 640 g/mol. The fourth-order valence-electron chi connectivity index (χ4n) is 6.05. The minimum atomic E-state index is -4.47. The van der Waals surface area contributed by atoms with Gasteiger partial charge in [-0.3, -0.25) is 4.79 Å². The molecular formula is C34H31F6N5O. The Balaban J connectivity index is 1.16. The summed E-state index contributed by atoms with van der Waals surface area (Å²) >= 11 is 0. The van der Waals surface area contributed by atoms with Gasteiger partial charge in [-0.2, -0.15) is 26.3 Å². The summed E-state index contributed by atoms with van der Waals surface area (Å²) in [5.41, 5.74) is 2.34. The van der Waals surface area contributed by atoms with Crippen LogP contribution in [-0.4, -0.2) is 55.1 Å². The first-order valence-electron chi connectivity index (χ1n) is 14.8. The third kappa shape index (κ3) is 6.47. The van der Waals surface area contributed by atoms with Crippen LogP contribution in [0, 0.1) is 6.92 Å². The van der Waals surface area contributed by atoms with Gasteiger partial charge in [0.1, 0.15) is 5.82 Å². The summed E-state index contributed by atoms with van der Waals surface area (Å²) in [7, 11) is 0. The van der Waals surface area contributed by atoms with Gasteiger partial charge in [0.2, 0.25) is 0 Å². The number of nitrogens with zero attached hydrogens (tertiary/aromatic N) is 4. The number of para-hydroxylation sites is 1. The summed E-state index contributed by atoms with van der Waals surface area (Å²) in [6, 6.07) is 18.4. The SMILES string of the molecule is Cc1ccc(C(F)(F)F)c(CN2CCNc3ncc(-c4ccc(C(=O)N5CCN(c6ccccc6C(F)(F)F)CC5)cc4)cc32)c1. The van der Waals surface area contributed by atoms with Crippen molar-refractivity contribution < 1.29 is 31.1 Å². The molecule has 1 N–H and O–H groups in total. The number of rotatable bonds is 5. The zero-order valence-electron chi connectivity index (χ0n) is 24.9. The maximum atomic E-state index is 13.8. The summed E-state index contributed by atoms with van der Waals surface area (Å²) < 4.78 is 81.8. The van der Waals surface area contributed by atoms with E-state index < -0.39 is 23.5 Å². The van der Waals surface area contributed by atoms with Crippen LogP contribution < -0.4 is 15.1 Å². The molecule has 1 amide bonds. The first-order valence-corrected chi connectivity index (χ1v) is 14.8. The Hall–Kier alpha value is -4.74. The highest BCUT2D eigenvalue weighted by Gasteiger charge is 2.36. The van der Waals surface area contributed by atoms with Crippen molar-refractivity contribution in [3.05, 3.63) is 107 Å². The molecule has 1 fully saturated rings. The fourth-order valence-corrected chi connectivity index (χ4v) is 6.05. The quantitative estimate of drug-likeness (QED) is 0.230. The standard InChI is InChI=1S/C34H31F6N5O/c1-22-6-11-27(33(35,36)37)26(18-22)21-45-13-12-41-31-30(45)19-25(20-42-31)23-7-9-24(10-8-23)32(46)44-16-14-43(15-17-44)29-5-3-2-4-28(29)34(38,39)40/h2-11,18-20H,12-17,21H2,1H3,(H,41,42). The maximum Gasteiger partial charge on any atom is 0.418 e. The number of aryl methyl sites for hydroxylation is 1. The smallest absolute Gasteiger partial charge is 0.367 e. The summed E-state index contributed by atoms with van der Waals surface area (Å²) in [4.78, 5) is 23.0. The molecule has 2 aliphatic heterocycles. The minimum absolute atomic E-state index is 0.0683. The van der Waals surface area contributed by atoms with Crippen molar-refractivity contribution in [3.63, 3.8) is 0 Å². The molecule has 0 bridgehead atoms. The van der Waals surface area contributed by atoms with Crippen molar-refractivity contribution >= 4 is 23.1 Å². The number of benzene rings is 3. The topological polar surface area (TPSA) is 51.7 Å². The van der Waals surface area contributed by atoms with Gasteiger partial charge in [-0.05, 0) is 54.4 Å². The predicted molar refractivity (Wildman–Crippen MR) is 165 cm³/mol. The molecular weight excluding hydrogens is 608 g/mol. The van der Waals surface area contributed by atoms with E-state index in [-0.39, 0.29) is 49.9 Å². The zero-order chi connectivity index (χ0) is 32.6. The number of nitrogens with one attached hydrogen (secondary N) is 1. The van der Waals surface area contributed by atoms with Gasteiger partial charge in [0.25, 0.3) is 5.91 Å². The van der Waals surface area contributed by atoms with Crippen molar-refractivity contribution in [2.45, 2.75) is 25.8 Å². The first kappa shape index (κ1) is 31.3. The maximum absolute atomic E-state index is 13.8. The Morgan fingerprint density at radius 2 is 1.48 bits per heavy atom. The van der Waals surface area contributed by atoms with Crippen molar-refractivity contribution in [2.75, 3.05) is 54.4 Å². The molecule has 0 saturated carbocycles. The molecule has 240 valence electrons. The fraction of sp³-hybridized carbons (Fsp3) is 0.294. The highest BCUT2D eigenvalue weighted by molar-refractivity contribution is 5.95. The lowest BCUT2D eigenvalue weighted by molar-refractivity contribution is -0.138. The molecule has 4 aromatic rings. The van der Waals surface area contributed by atoms with Crippen LogP contribution in [0.3, 0.4) is 0 Å². The summed E-state index contributed by atoms with van der Waals surface area (Å²) in [6.07, 6.45) is -7.26. The van der Waals surface area contributed by atoms with E-state index in [0.717, 1.165) is 28.8 Å². The molecule has 3 heterocycles. The van der Waals surface area contributed by atoms with Gasteiger partial charge >= 0.3 is 12.4 Å². The van der Waals surface area contributed by atoms with Crippen molar-refractivity contribution in [1.82, 2.24) is 9.88 Å². The van der Waals surface area contributed by atoms with E-state index in [1.54, 1.807) is 59.3 Å². The summed E-state index contributed by atoms with van der Waals surface area (Å²) in [6.45, 7) is 3.96. The second kappa shape index (κ2) is 12.2. The van der Waals surface area contributed by atoms with E-state index in [1.165, 1.54) is 18.2 Å². The molecule has 2 aliphatic rings. The van der Waals surface area contributed by atoms with Crippen LogP contribution >= 0.6 is 0 Å². The normalized spacial score (nSPS) is 15.4. The van der Waals surface area contributed by atoms with Crippen molar-refractivity contribution in [1.29, 1.82) is 0 Å². The van der Waals surface area contributed by atoms with E-state index in [1.807, 2.05) is 11.0 Å². The van der Waals surface area contributed by atoms with Crippen molar-refractivity contribution in [3.8, 4) is 11.1 Å². The number of amides is 1. The number of carbonyl (C=O) groups is 1. The number of piperazine rings is 1. The van der Waals surface area contributed by atoms with Gasteiger partial charge in [-0.15, -0.1) is 0 Å². The first-order chi connectivity index (χ1) is 21.9. The van der Waals surface area contributed by atoms with Crippen LogP contribution in [0.2, 0.25) is 0 Å². The molecule has 6 rings (SSSR count). The molecule has 0 radical (unpaired) electrons. The van der Waals surface area contributed by atoms with Gasteiger partial charge < -0.3 is 20.0 Å². The lowest BCUT2D eigenvalue weighted by Crippen LogP contribution is -2.49. The lowest BCUT2D eigenvalue weighted by atomic mass is 10.0. The largest absolute Gasteiger partial charge is 0.418 e. The minimum Gasteiger partial charge on any atom is -0.367 e. The van der Waals surface area contributed by atoms with Crippen LogP contribution in [0.5, 0.6) is 0 Å². The number of fused-ring (bicyclic) bond motifs is 1. The molecule has 0 aliphatic carbocycles. The van der Waals surface area contributed by atoms with Crippen LogP contribution in [0.25, 0.3) is 11.1 Å². The molecule has 0 atom stereocenters. The number of aromatic nitrogens is 1. The summed E-state index contributed by atoms with van der Waals surface area (Å²) in [5.74, 6) is 0.368. The Kier molecular flexibility index (Phi) is 8.30. The van der Waals surface area contributed by atoms with Gasteiger partial charge in [0, 0.05) is 68.8 Å².